The number of carbonyl (C=O) groups is 2. The van der Waals surface area contributed by atoms with Crippen LogP contribution in [-0.2, 0) is 14.3 Å². The second kappa shape index (κ2) is 4.45. The first-order chi connectivity index (χ1) is 8.15. The summed E-state index contributed by atoms with van der Waals surface area (Å²) in [6, 6.07) is 4.58. The lowest BCUT2D eigenvalue weighted by Gasteiger charge is -2.23. The predicted molar refractivity (Wildman–Crippen MR) is 58.0 cm³/mol. The van der Waals surface area contributed by atoms with Crippen molar-refractivity contribution in [3.63, 3.8) is 0 Å². The molecule has 2 rings (SSSR count). The van der Waals surface area contributed by atoms with E-state index in [1.807, 2.05) is 0 Å². The minimum absolute atomic E-state index is 0.0794. The van der Waals surface area contributed by atoms with E-state index in [-0.39, 0.29) is 30.5 Å². The van der Waals surface area contributed by atoms with Crippen molar-refractivity contribution in [2.75, 3.05) is 13.2 Å². The average molecular weight is 236 g/mol. The van der Waals surface area contributed by atoms with Gasteiger partial charge in [-0.15, -0.1) is 0 Å². The zero-order chi connectivity index (χ0) is 12.4. The molecule has 1 atom stereocenters. The maximum absolute atomic E-state index is 11.7. The van der Waals surface area contributed by atoms with Crippen molar-refractivity contribution in [1.29, 1.82) is 0 Å². The van der Waals surface area contributed by atoms with E-state index in [4.69, 9.17) is 9.47 Å². The van der Waals surface area contributed by atoms with Gasteiger partial charge in [0.25, 0.3) is 0 Å². The Morgan fingerprint density at radius 2 is 2.35 bits per heavy atom. The van der Waals surface area contributed by atoms with Crippen LogP contribution >= 0.6 is 0 Å². The second-order valence-corrected chi connectivity index (χ2v) is 3.64. The Morgan fingerprint density at radius 1 is 1.59 bits per heavy atom. The first kappa shape index (κ1) is 11.4. The highest BCUT2D eigenvalue weighted by molar-refractivity contribution is 6.06. The molecule has 0 saturated carbocycles. The Hall–Kier alpha value is -2.04. The molecule has 0 fully saturated rings. The van der Waals surface area contributed by atoms with Crippen LogP contribution in [0.1, 0.15) is 18.4 Å². The molecule has 1 heterocycles. The summed E-state index contributed by atoms with van der Waals surface area (Å²) >= 11 is 0. The highest BCUT2D eigenvalue weighted by Gasteiger charge is 2.37. The quantitative estimate of drug-likeness (QED) is 0.612. The predicted octanol–water partition coefficient (Wildman–Crippen LogP) is 1.00. The van der Waals surface area contributed by atoms with E-state index in [1.54, 1.807) is 19.1 Å². The lowest BCUT2D eigenvalue weighted by atomic mass is 9.92. The molecule has 0 aromatic heterocycles. The number of para-hydroxylation sites is 1. The molecule has 5 heteroatoms. The number of esters is 1. The molecular formula is C12H12O5. The van der Waals surface area contributed by atoms with Crippen LogP contribution in [0.5, 0.6) is 11.5 Å². The minimum Gasteiger partial charge on any atom is -0.504 e. The number of fused-ring (bicyclic) bond motifs is 1. The molecule has 1 aromatic rings. The summed E-state index contributed by atoms with van der Waals surface area (Å²) in [5.74, 6) is -1.85. The van der Waals surface area contributed by atoms with E-state index in [0.717, 1.165) is 0 Å². The third kappa shape index (κ3) is 1.95. The number of Topliss-reactive ketones (excluding diaryl/α,β-unsaturated/α-hetero) is 1. The zero-order valence-electron chi connectivity index (χ0n) is 9.30. The summed E-state index contributed by atoms with van der Waals surface area (Å²) in [5, 5.41) is 9.58. The Bertz CT molecular complexity index is 466. The van der Waals surface area contributed by atoms with Gasteiger partial charge in [0.2, 0.25) is 0 Å². The summed E-state index contributed by atoms with van der Waals surface area (Å²) in [4.78, 5) is 23.4. The van der Waals surface area contributed by atoms with Crippen LogP contribution in [0, 0.1) is 0 Å². The van der Waals surface area contributed by atoms with Crippen molar-refractivity contribution in [3.05, 3.63) is 23.8 Å². The van der Waals surface area contributed by atoms with Gasteiger partial charge in [0.15, 0.2) is 17.3 Å². The van der Waals surface area contributed by atoms with Crippen LogP contribution in [0.4, 0.5) is 0 Å². The molecule has 0 amide bonds. The van der Waals surface area contributed by atoms with Crippen LogP contribution in [0.3, 0.4) is 0 Å². The maximum Gasteiger partial charge on any atom is 0.321 e. The fraction of sp³-hybridized carbons (Fsp3) is 0.333. The van der Waals surface area contributed by atoms with Crippen molar-refractivity contribution in [1.82, 2.24) is 0 Å². The molecule has 1 unspecified atom stereocenters. The number of hydrogen-bond donors (Lipinski definition) is 1. The Kier molecular flexibility index (Phi) is 2.99. The van der Waals surface area contributed by atoms with Gasteiger partial charge in [0.1, 0.15) is 12.5 Å². The first-order valence-corrected chi connectivity index (χ1v) is 5.29. The van der Waals surface area contributed by atoms with Crippen LogP contribution in [0.15, 0.2) is 18.2 Å². The number of phenols is 1. The van der Waals surface area contributed by atoms with Gasteiger partial charge in [0, 0.05) is 5.56 Å². The van der Waals surface area contributed by atoms with Gasteiger partial charge in [-0.2, -0.15) is 0 Å². The van der Waals surface area contributed by atoms with Crippen molar-refractivity contribution < 1.29 is 24.2 Å². The van der Waals surface area contributed by atoms with Crippen molar-refractivity contribution in [2.45, 2.75) is 12.8 Å². The van der Waals surface area contributed by atoms with Crippen molar-refractivity contribution in [3.8, 4) is 11.5 Å². The fourth-order valence-electron chi connectivity index (χ4n) is 1.81. The van der Waals surface area contributed by atoms with Gasteiger partial charge in [0.05, 0.1) is 6.61 Å². The molecule has 1 aromatic carbocycles. The SMILES string of the molecule is CCOC(=O)C1C(=O)COc2c(O)cccc21. The number of benzene rings is 1. The minimum atomic E-state index is -0.995. The normalized spacial score (nSPS) is 18.2. The molecule has 0 aliphatic carbocycles. The van der Waals surface area contributed by atoms with E-state index < -0.39 is 11.9 Å². The third-order valence-electron chi connectivity index (χ3n) is 2.54. The monoisotopic (exact) mass is 236 g/mol. The summed E-state index contributed by atoms with van der Waals surface area (Å²) < 4.78 is 9.97. The third-order valence-corrected chi connectivity index (χ3v) is 2.54. The Balaban J connectivity index is 2.43. The molecule has 17 heavy (non-hydrogen) atoms. The highest BCUT2D eigenvalue weighted by Crippen LogP contribution is 2.38. The van der Waals surface area contributed by atoms with Gasteiger partial charge < -0.3 is 14.6 Å². The smallest absolute Gasteiger partial charge is 0.321 e. The molecular weight excluding hydrogens is 224 g/mol. The lowest BCUT2D eigenvalue weighted by molar-refractivity contribution is -0.149. The van der Waals surface area contributed by atoms with E-state index in [1.165, 1.54) is 6.07 Å². The lowest BCUT2D eigenvalue weighted by Crippen LogP contribution is -2.32. The van der Waals surface area contributed by atoms with Gasteiger partial charge in [-0.05, 0) is 13.0 Å². The van der Waals surface area contributed by atoms with Crippen LogP contribution in [0.25, 0.3) is 0 Å². The Labute approximate surface area is 98.0 Å². The summed E-state index contributed by atoms with van der Waals surface area (Å²) in [7, 11) is 0. The topological polar surface area (TPSA) is 72.8 Å². The molecule has 1 N–H and O–H groups in total. The number of rotatable bonds is 2. The van der Waals surface area contributed by atoms with E-state index >= 15 is 0 Å². The highest BCUT2D eigenvalue weighted by atomic mass is 16.5. The second-order valence-electron chi connectivity index (χ2n) is 3.64. The van der Waals surface area contributed by atoms with Crippen LogP contribution in [0.2, 0.25) is 0 Å². The summed E-state index contributed by atoms with van der Waals surface area (Å²) in [6.45, 7) is 1.65. The summed E-state index contributed by atoms with van der Waals surface area (Å²) in [6.07, 6.45) is 0. The molecule has 0 radical (unpaired) electrons. The number of ether oxygens (including phenoxy) is 2. The van der Waals surface area contributed by atoms with Gasteiger partial charge in [-0.3, -0.25) is 9.59 Å². The number of carbonyl (C=O) groups excluding carboxylic acids is 2. The number of aromatic hydroxyl groups is 1. The summed E-state index contributed by atoms with van der Waals surface area (Å²) in [5.41, 5.74) is 0.361. The first-order valence-electron chi connectivity index (χ1n) is 5.29. The molecule has 90 valence electrons. The fourth-order valence-corrected chi connectivity index (χ4v) is 1.81. The largest absolute Gasteiger partial charge is 0.504 e. The van der Waals surface area contributed by atoms with Gasteiger partial charge >= 0.3 is 5.97 Å². The van der Waals surface area contributed by atoms with Gasteiger partial charge in [-0.25, -0.2) is 0 Å². The van der Waals surface area contributed by atoms with Gasteiger partial charge in [-0.1, -0.05) is 12.1 Å². The van der Waals surface area contributed by atoms with Crippen LogP contribution < -0.4 is 4.74 Å². The zero-order valence-corrected chi connectivity index (χ0v) is 9.30. The number of hydrogen-bond acceptors (Lipinski definition) is 5. The molecule has 1 aliphatic rings. The van der Waals surface area contributed by atoms with E-state index in [0.29, 0.717) is 5.56 Å². The number of phenolic OH excluding ortho intramolecular Hbond substituents is 1. The molecule has 0 spiro atoms. The molecule has 5 nitrogen and oxygen atoms in total. The van der Waals surface area contributed by atoms with Crippen molar-refractivity contribution >= 4 is 11.8 Å². The van der Waals surface area contributed by atoms with E-state index in [2.05, 4.69) is 0 Å². The molecule has 1 aliphatic heterocycles. The molecule has 0 saturated heterocycles. The molecule has 0 bridgehead atoms. The average Bonchev–Trinajstić information content (AvgIpc) is 2.29. The van der Waals surface area contributed by atoms with Crippen molar-refractivity contribution in [2.24, 2.45) is 0 Å². The van der Waals surface area contributed by atoms with E-state index in [9.17, 15) is 14.7 Å². The van der Waals surface area contributed by atoms with Crippen LogP contribution in [-0.4, -0.2) is 30.1 Å². The number of ketones is 1. The Morgan fingerprint density at radius 3 is 3.06 bits per heavy atom. The maximum atomic E-state index is 11.7. The standard InChI is InChI=1S/C12H12O5/c1-2-16-12(15)10-7-4-3-5-8(13)11(7)17-6-9(10)14/h3-5,10,13H,2,6H2,1H3.